The van der Waals surface area contributed by atoms with Crippen LogP contribution in [0.3, 0.4) is 0 Å². The molecule has 0 fully saturated rings. The summed E-state index contributed by atoms with van der Waals surface area (Å²) in [6, 6.07) is 21.9. The zero-order chi connectivity index (χ0) is 23.3. The van der Waals surface area contributed by atoms with Crippen LogP contribution in [0.4, 0.5) is 4.39 Å². The Morgan fingerprint density at radius 3 is 2.65 bits per heavy atom. The number of benzene rings is 3. The van der Waals surface area contributed by atoms with Crippen LogP contribution in [0.5, 0.6) is 0 Å². The average Bonchev–Trinajstić information content (AvgIpc) is 3.32. The van der Waals surface area contributed by atoms with Crippen LogP contribution in [-0.4, -0.2) is 15.9 Å². The minimum atomic E-state index is -0.293. The number of hydrogen-bond donors (Lipinski definition) is 1. The van der Waals surface area contributed by atoms with Crippen molar-refractivity contribution >= 4 is 27.5 Å². The van der Waals surface area contributed by atoms with Gasteiger partial charge in [0.15, 0.2) is 5.69 Å². The number of amides is 1. The number of hydrogen-bond acceptors (Lipinski definition) is 4. The normalized spacial score (nSPS) is 11.0. The summed E-state index contributed by atoms with van der Waals surface area (Å²) in [5, 5.41) is 2.88. The van der Waals surface area contributed by atoms with E-state index in [1.165, 1.54) is 22.4 Å². The highest BCUT2D eigenvalue weighted by Gasteiger charge is 2.13. The number of nitrogens with zero attached hydrogens (tertiary/aromatic N) is 2. The standard InChI is InChI=1S/C27H21FN4OS/c28-22-7-4-18(5-8-22)16-30-27(33)21-3-1-2-19(12-21)15-26-29-11-10-23(32-26)13-20-6-9-24-25(14-20)34-17-31-24/h1-12,14,17H,13,15-16H2,(H,30,33)/p+1. The summed E-state index contributed by atoms with van der Waals surface area (Å²) < 4.78 is 14.2. The monoisotopic (exact) mass is 469 g/mol. The first-order valence-electron chi connectivity index (χ1n) is 10.9. The van der Waals surface area contributed by atoms with Gasteiger partial charge in [0, 0.05) is 24.6 Å². The topological polar surface area (TPSA) is 69.0 Å². The molecule has 2 aromatic heterocycles. The van der Waals surface area contributed by atoms with Crippen molar-refractivity contribution in [1.29, 1.82) is 0 Å². The van der Waals surface area contributed by atoms with Gasteiger partial charge in [-0.3, -0.25) is 4.79 Å². The van der Waals surface area contributed by atoms with Crippen molar-refractivity contribution in [3.05, 3.63) is 124 Å². The second-order valence-corrected chi connectivity index (χ2v) is 8.93. The molecule has 0 aliphatic carbocycles. The van der Waals surface area contributed by atoms with Crippen LogP contribution in [0.2, 0.25) is 0 Å². The molecular formula is C27H22FN4OS+. The Hall–Kier alpha value is -3.97. The minimum Gasteiger partial charge on any atom is -0.348 e. The van der Waals surface area contributed by atoms with Gasteiger partial charge in [0.25, 0.3) is 5.91 Å². The molecule has 0 saturated heterocycles. The molecule has 2 N–H and O–H groups in total. The minimum absolute atomic E-state index is 0.171. The van der Waals surface area contributed by atoms with Crippen molar-refractivity contribution in [2.24, 2.45) is 0 Å². The van der Waals surface area contributed by atoms with E-state index in [0.717, 1.165) is 34.6 Å². The number of H-pyrrole nitrogens is 1. The van der Waals surface area contributed by atoms with Crippen LogP contribution >= 0.6 is 11.3 Å². The van der Waals surface area contributed by atoms with E-state index in [-0.39, 0.29) is 11.7 Å². The molecule has 1 amide bonds. The van der Waals surface area contributed by atoms with E-state index < -0.39 is 0 Å². The molecule has 5 nitrogen and oxygen atoms in total. The summed E-state index contributed by atoms with van der Waals surface area (Å²) >= 11 is 1.64. The number of rotatable bonds is 7. The van der Waals surface area contributed by atoms with Gasteiger partial charge in [0.05, 0.1) is 28.3 Å². The van der Waals surface area contributed by atoms with Gasteiger partial charge in [-0.05, 0) is 53.1 Å². The predicted molar refractivity (Wildman–Crippen MR) is 130 cm³/mol. The maximum absolute atomic E-state index is 13.1. The van der Waals surface area contributed by atoms with E-state index >= 15 is 0 Å². The van der Waals surface area contributed by atoms with Gasteiger partial charge < -0.3 is 5.32 Å². The quantitative estimate of drug-likeness (QED) is 0.374. The highest BCUT2D eigenvalue weighted by molar-refractivity contribution is 7.16. The number of carbonyl (C=O) groups is 1. The lowest BCUT2D eigenvalue weighted by Gasteiger charge is -2.07. The molecule has 0 saturated carbocycles. The molecule has 0 atom stereocenters. The third-order valence-electron chi connectivity index (χ3n) is 5.51. The fraction of sp³-hybridized carbons (Fsp3) is 0.111. The summed E-state index contributed by atoms with van der Waals surface area (Å²) in [4.78, 5) is 24.9. The summed E-state index contributed by atoms with van der Waals surface area (Å²) in [7, 11) is 0. The molecule has 3 aromatic carbocycles. The van der Waals surface area contributed by atoms with Crippen LogP contribution in [0.15, 0.2) is 84.5 Å². The Bertz CT molecular complexity index is 1450. The number of aromatic amines is 1. The number of halogens is 1. The molecule has 0 spiro atoms. The fourth-order valence-electron chi connectivity index (χ4n) is 3.79. The van der Waals surface area contributed by atoms with Crippen molar-refractivity contribution < 1.29 is 14.2 Å². The average molecular weight is 470 g/mol. The summed E-state index contributed by atoms with van der Waals surface area (Å²) in [5.74, 6) is 0.369. The number of fused-ring (bicyclic) bond motifs is 1. The van der Waals surface area contributed by atoms with E-state index in [1.54, 1.807) is 29.5 Å². The Morgan fingerprint density at radius 1 is 0.941 bits per heavy atom. The smallest absolute Gasteiger partial charge is 0.300 e. The molecular weight excluding hydrogens is 447 g/mol. The Balaban J connectivity index is 1.24. The highest BCUT2D eigenvalue weighted by atomic mass is 32.1. The summed E-state index contributed by atoms with van der Waals surface area (Å²) in [6.45, 7) is 0.341. The lowest BCUT2D eigenvalue weighted by atomic mass is 10.1. The van der Waals surface area contributed by atoms with Gasteiger partial charge in [0.2, 0.25) is 0 Å². The zero-order valence-corrected chi connectivity index (χ0v) is 19.1. The molecule has 0 aliphatic rings. The SMILES string of the molecule is O=C(NCc1ccc(F)cc1)c1cccc(Cc2nc(Cc3ccc4ncsc4c3)cc[nH+]2)c1. The molecule has 0 radical (unpaired) electrons. The summed E-state index contributed by atoms with van der Waals surface area (Å²) in [5.41, 5.74) is 7.46. The van der Waals surface area contributed by atoms with Gasteiger partial charge in [-0.1, -0.05) is 35.3 Å². The first-order valence-corrected chi connectivity index (χ1v) is 11.8. The van der Waals surface area contributed by atoms with E-state index in [9.17, 15) is 9.18 Å². The largest absolute Gasteiger partial charge is 0.348 e. The molecule has 34 heavy (non-hydrogen) atoms. The van der Waals surface area contributed by atoms with Crippen LogP contribution in [0.25, 0.3) is 10.2 Å². The second kappa shape index (κ2) is 9.89. The third kappa shape index (κ3) is 5.32. The molecule has 2 heterocycles. The number of thiazole rings is 1. The van der Waals surface area contributed by atoms with Crippen molar-refractivity contribution in [3.8, 4) is 0 Å². The van der Waals surface area contributed by atoms with Crippen LogP contribution in [0.1, 0.15) is 38.6 Å². The maximum atomic E-state index is 13.1. The Morgan fingerprint density at radius 2 is 1.76 bits per heavy atom. The van der Waals surface area contributed by atoms with Crippen molar-refractivity contribution in [1.82, 2.24) is 15.3 Å². The molecule has 168 valence electrons. The van der Waals surface area contributed by atoms with E-state index in [4.69, 9.17) is 4.98 Å². The van der Waals surface area contributed by atoms with Gasteiger partial charge in [-0.25, -0.2) is 14.4 Å². The number of carbonyl (C=O) groups excluding carboxylic acids is 1. The summed E-state index contributed by atoms with van der Waals surface area (Å²) in [6.07, 6.45) is 3.23. The maximum Gasteiger partial charge on any atom is 0.300 e. The zero-order valence-electron chi connectivity index (χ0n) is 18.3. The van der Waals surface area contributed by atoms with E-state index in [0.29, 0.717) is 18.5 Å². The van der Waals surface area contributed by atoms with Crippen molar-refractivity contribution in [2.75, 3.05) is 0 Å². The predicted octanol–water partition coefficient (Wildman–Crippen LogP) is 4.76. The lowest BCUT2D eigenvalue weighted by molar-refractivity contribution is -0.394. The fourth-order valence-corrected chi connectivity index (χ4v) is 4.53. The molecule has 5 rings (SSSR count). The number of nitrogens with one attached hydrogen (secondary N) is 2. The number of aromatic nitrogens is 3. The molecule has 0 unspecified atom stereocenters. The molecule has 5 aromatic rings. The molecule has 0 aliphatic heterocycles. The van der Waals surface area contributed by atoms with Crippen molar-refractivity contribution in [2.45, 2.75) is 19.4 Å². The molecule has 0 bridgehead atoms. The van der Waals surface area contributed by atoms with Gasteiger partial charge in [-0.15, -0.1) is 11.3 Å². The highest BCUT2D eigenvalue weighted by Crippen LogP contribution is 2.20. The van der Waals surface area contributed by atoms with E-state index in [2.05, 4.69) is 27.4 Å². The van der Waals surface area contributed by atoms with E-state index in [1.807, 2.05) is 42.0 Å². The first kappa shape index (κ1) is 21.9. The van der Waals surface area contributed by atoms with Gasteiger partial charge in [0.1, 0.15) is 5.82 Å². The van der Waals surface area contributed by atoms with Crippen LogP contribution in [0, 0.1) is 5.82 Å². The van der Waals surface area contributed by atoms with Crippen LogP contribution in [-0.2, 0) is 19.4 Å². The van der Waals surface area contributed by atoms with Crippen LogP contribution < -0.4 is 10.3 Å². The first-order chi connectivity index (χ1) is 16.6. The van der Waals surface area contributed by atoms with Gasteiger partial charge in [-0.2, -0.15) is 0 Å². The Labute approximate surface area is 200 Å². The third-order valence-corrected chi connectivity index (χ3v) is 6.30. The molecule has 7 heteroatoms. The van der Waals surface area contributed by atoms with Crippen molar-refractivity contribution in [3.63, 3.8) is 0 Å². The Kier molecular flexibility index (Phi) is 6.35. The second-order valence-electron chi connectivity index (χ2n) is 8.05. The van der Waals surface area contributed by atoms with Gasteiger partial charge >= 0.3 is 5.82 Å². The lowest BCUT2D eigenvalue weighted by Crippen LogP contribution is -2.23.